The van der Waals surface area contributed by atoms with Crippen LogP contribution in [0.3, 0.4) is 0 Å². The highest BCUT2D eigenvalue weighted by atomic mass is 19.4. The highest BCUT2D eigenvalue weighted by Crippen LogP contribution is 2.35. The van der Waals surface area contributed by atoms with Crippen LogP contribution in [0.2, 0.25) is 0 Å². The lowest BCUT2D eigenvalue weighted by atomic mass is 10.0. The van der Waals surface area contributed by atoms with E-state index in [1.807, 2.05) is 19.1 Å². The van der Waals surface area contributed by atoms with Gasteiger partial charge in [0, 0.05) is 16.5 Å². The Morgan fingerprint density at radius 2 is 1.82 bits per heavy atom. The van der Waals surface area contributed by atoms with Gasteiger partial charge in [0.1, 0.15) is 0 Å². The van der Waals surface area contributed by atoms with E-state index in [1.165, 1.54) is 6.07 Å². The first-order chi connectivity index (χ1) is 10.4. The molecular weight excluding hydrogens is 291 g/mol. The number of alkyl halides is 3. The molecule has 0 saturated heterocycles. The predicted molar refractivity (Wildman–Crippen MR) is 78.9 cm³/mol. The second-order valence-electron chi connectivity index (χ2n) is 5.11. The van der Waals surface area contributed by atoms with E-state index in [0.717, 1.165) is 23.2 Å². The highest BCUT2D eigenvalue weighted by Gasteiger charge is 2.30. The summed E-state index contributed by atoms with van der Waals surface area (Å²) in [4.78, 5) is 14.5. The number of aromatic amines is 1. The summed E-state index contributed by atoms with van der Waals surface area (Å²) in [5.74, 6) is 0. The van der Waals surface area contributed by atoms with Crippen molar-refractivity contribution in [2.24, 2.45) is 0 Å². The van der Waals surface area contributed by atoms with Gasteiger partial charge in [-0.1, -0.05) is 30.3 Å². The Bertz CT molecular complexity index is 862. The van der Waals surface area contributed by atoms with Gasteiger partial charge in [-0.25, -0.2) is 0 Å². The molecule has 112 valence electrons. The molecule has 0 bridgehead atoms. The molecule has 5 heteroatoms. The number of carbonyl (C=O) groups excluding carboxylic acids is 1. The van der Waals surface area contributed by atoms with Crippen molar-refractivity contribution < 1.29 is 18.0 Å². The molecule has 3 rings (SSSR count). The Morgan fingerprint density at radius 1 is 1.09 bits per heavy atom. The van der Waals surface area contributed by atoms with Crippen molar-refractivity contribution in [3.8, 4) is 11.3 Å². The summed E-state index contributed by atoms with van der Waals surface area (Å²) >= 11 is 0. The van der Waals surface area contributed by atoms with Crippen LogP contribution in [0.1, 0.15) is 21.5 Å². The molecule has 22 heavy (non-hydrogen) atoms. The topological polar surface area (TPSA) is 32.9 Å². The number of para-hydroxylation sites is 1. The number of H-pyrrole nitrogens is 1. The third kappa shape index (κ3) is 2.28. The number of aromatic nitrogens is 1. The zero-order chi connectivity index (χ0) is 15.9. The second-order valence-corrected chi connectivity index (χ2v) is 5.11. The van der Waals surface area contributed by atoms with Crippen LogP contribution in [0.15, 0.2) is 42.5 Å². The molecule has 0 spiro atoms. The predicted octanol–water partition coefficient (Wildman–Crippen LogP) is 4.97. The molecule has 3 aromatic rings. The molecule has 2 nitrogen and oxygen atoms in total. The van der Waals surface area contributed by atoms with E-state index in [9.17, 15) is 18.0 Å². The van der Waals surface area contributed by atoms with E-state index in [1.54, 1.807) is 12.1 Å². The molecule has 0 aliphatic carbocycles. The summed E-state index contributed by atoms with van der Waals surface area (Å²) in [6, 6.07) is 10.4. The first-order valence-electron chi connectivity index (χ1n) is 6.66. The van der Waals surface area contributed by atoms with Gasteiger partial charge in [-0.05, 0) is 30.2 Å². The number of hydrogen-bond donors (Lipinski definition) is 1. The Labute approximate surface area is 124 Å². The number of fused-ring (bicyclic) bond motifs is 1. The molecule has 2 aromatic carbocycles. The minimum atomic E-state index is -4.42. The normalized spacial score (nSPS) is 11.8. The van der Waals surface area contributed by atoms with Crippen LogP contribution < -0.4 is 0 Å². The Hall–Kier alpha value is -2.56. The number of nitrogens with one attached hydrogen (secondary N) is 1. The zero-order valence-electron chi connectivity index (χ0n) is 11.7. The minimum absolute atomic E-state index is 0.340. The van der Waals surface area contributed by atoms with E-state index < -0.39 is 11.7 Å². The van der Waals surface area contributed by atoms with Crippen LogP contribution in [-0.4, -0.2) is 11.3 Å². The van der Waals surface area contributed by atoms with Crippen LogP contribution in [0, 0.1) is 6.92 Å². The number of hydrogen-bond acceptors (Lipinski definition) is 1. The van der Waals surface area contributed by atoms with Gasteiger partial charge in [-0.15, -0.1) is 0 Å². The minimum Gasteiger partial charge on any atom is -0.354 e. The third-order valence-corrected chi connectivity index (χ3v) is 3.68. The maximum Gasteiger partial charge on any atom is 0.416 e. The van der Waals surface area contributed by atoms with Crippen molar-refractivity contribution in [2.45, 2.75) is 13.1 Å². The fourth-order valence-electron chi connectivity index (χ4n) is 2.59. The van der Waals surface area contributed by atoms with Crippen LogP contribution in [0.5, 0.6) is 0 Å². The van der Waals surface area contributed by atoms with Crippen molar-refractivity contribution in [3.05, 3.63) is 59.2 Å². The number of carbonyl (C=O) groups is 1. The molecule has 0 saturated carbocycles. The Kier molecular flexibility index (Phi) is 3.28. The number of aryl methyl sites for hydroxylation is 1. The second kappa shape index (κ2) is 5.02. The number of aldehydes is 1. The molecule has 0 radical (unpaired) electrons. The monoisotopic (exact) mass is 303 g/mol. The number of halogens is 3. The van der Waals surface area contributed by atoms with Gasteiger partial charge in [0.2, 0.25) is 0 Å². The highest BCUT2D eigenvalue weighted by molar-refractivity contribution is 6.05. The average molecular weight is 303 g/mol. The Balaban J connectivity index is 2.27. The molecule has 1 heterocycles. The van der Waals surface area contributed by atoms with Crippen molar-refractivity contribution >= 4 is 17.2 Å². The maximum absolute atomic E-state index is 12.9. The number of benzene rings is 2. The van der Waals surface area contributed by atoms with E-state index in [4.69, 9.17) is 0 Å². The van der Waals surface area contributed by atoms with Crippen LogP contribution in [0.4, 0.5) is 13.2 Å². The molecule has 0 atom stereocenters. The van der Waals surface area contributed by atoms with Crippen molar-refractivity contribution in [3.63, 3.8) is 0 Å². The summed E-state index contributed by atoms with van der Waals surface area (Å²) in [6.07, 6.45) is -3.74. The fraction of sp³-hybridized carbons (Fsp3) is 0.118. The first kappa shape index (κ1) is 14.4. The van der Waals surface area contributed by atoms with Gasteiger partial charge in [0.05, 0.1) is 11.3 Å². The lowest BCUT2D eigenvalue weighted by Crippen LogP contribution is -2.04. The van der Waals surface area contributed by atoms with Crippen LogP contribution in [0.25, 0.3) is 22.2 Å². The van der Waals surface area contributed by atoms with Gasteiger partial charge in [-0.3, -0.25) is 4.79 Å². The van der Waals surface area contributed by atoms with E-state index >= 15 is 0 Å². The summed E-state index contributed by atoms with van der Waals surface area (Å²) in [5, 5.41) is 0.711. The molecule has 1 N–H and O–H groups in total. The molecule has 1 aromatic heterocycles. The SMILES string of the molecule is Cc1cccc2c(C=O)c(-c3cccc(C(F)(F)F)c3)[nH]c12. The van der Waals surface area contributed by atoms with Crippen LogP contribution >= 0.6 is 0 Å². The van der Waals surface area contributed by atoms with E-state index in [-0.39, 0.29) is 0 Å². The van der Waals surface area contributed by atoms with Crippen LogP contribution in [-0.2, 0) is 6.18 Å². The quantitative estimate of drug-likeness (QED) is 0.666. The smallest absolute Gasteiger partial charge is 0.354 e. The Morgan fingerprint density at radius 3 is 2.50 bits per heavy atom. The van der Waals surface area contributed by atoms with Gasteiger partial charge < -0.3 is 4.98 Å². The maximum atomic E-state index is 12.9. The van der Waals surface area contributed by atoms with Gasteiger partial charge >= 0.3 is 6.18 Å². The molecule has 0 amide bonds. The first-order valence-corrected chi connectivity index (χ1v) is 6.66. The molecular formula is C17H12F3NO. The fourth-order valence-corrected chi connectivity index (χ4v) is 2.59. The lowest BCUT2D eigenvalue weighted by Gasteiger charge is -2.08. The van der Waals surface area contributed by atoms with Gasteiger partial charge in [0.25, 0.3) is 0 Å². The summed E-state index contributed by atoms with van der Waals surface area (Å²) in [5.41, 5.74) is 2.07. The molecule has 0 unspecified atom stereocenters. The zero-order valence-corrected chi connectivity index (χ0v) is 11.7. The summed E-state index contributed by atoms with van der Waals surface area (Å²) < 4.78 is 38.6. The largest absolute Gasteiger partial charge is 0.416 e. The van der Waals surface area contributed by atoms with Crippen molar-refractivity contribution in [2.75, 3.05) is 0 Å². The lowest BCUT2D eigenvalue weighted by molar-refractivity contribution is -0.137. The average Bonchev–Trinajstić information content (AvgIpc) is 2.86. The molecule has 0 aliphatic rings. The van der Waals surface area contributed by atoms with Gasteiger partial charge in [0.15, 0.2) is 6.29 Å². The van der Waals surface area contributed by atoms with E-state index in [2.05, 4.69) is 4.98 Å². The van der Waals surface area contributed by atoms with E-state index in [0.29, 0.717) is 28.5 Å². The standard InChI is InChI=1S/C17H12F3NO/c1-10-4-2-7-13-14(9-22)16(21-15(10)13)11-5-3-6-12(8-11)17(18,19)20/h2-9,21H,1H3. The summed E-state index contributed by atoms with van der Waals surface area (Å²) in [6.45, 7) is 1.88. The van der Waals surface area contributed by atoms with Gasteiger partial charge in [-0.2, -0.15) is 13.2 Å². The van der Waals surface area contributed by atoms with Crippen molar-refractivity contribution in [1.29, 1.82) is 0 Å². The number of rotatable bonds is 2. The van der Waals surface area contributed by atoms with Crippen molar-refractivity contribution in [1.82, 2.24) is 4.98 Å². The summed E-state index contributed by atoms with van der Waals surface area (Å²) in [7, 11) is 0. The third-order valence-electron chi connectivity index (χ3n) is 3.68. The molecule has 0 fully saturated rings. The molecule has 0 aliphatic heterocycles.